The van der Waals surface area contributed by atoms with Crippen LogP contribution in [0, 0.1) is 5.92 Å². The molecule has 17 heavy (non-hydrogen) atoms. The Morgan fingerprint density at radius 3 is 2.82 bits per heavy atom. The first-order valence-electron chi connectivity index (χ1n) is 5.63. The Labute approximate surface area is 98.0 Å². The third-order valence-electron chi connectivity index (χ3n) is 3.06. The van der Waals surface area contributed by atoms with E-state index in [1.807, 2.05) is 0 Å². The van der Waals surface area contributed by atoms with Crippen molar-refractivity contribution in [2.24, 2.45) is 5.92 Å². The predicted molar refractivity (Wildman–Crippen MR) is 57.4 cm³/mol. The van der Waals surface area contributed by atoms with E-state index in [2.05, 4.69) is 10.5 Å². The number of aromatic nitrogens is 1. The number of carboxylic acid groups (broad SMARTS) is 1. The fraction of sp³-hybridized carbons (Fsp3) is 0.545. The molecule has 0 spiro atoms. The van der Waals surface area contributed by atoms with Gasteiger partial charge >= 0.3 is 5.97 Å². The van der Waals surface area contributed by atoms with Crippen LogP contribution in [0.3, 0.4) is 0 Å². The van der Waals surface area contributed by atoms with E-state index in [1.165, 1.54) is 12.3 Å². The second-order valence-electron chi connectivity index (χ2n) is 4.19. The summed E-state index contributed by atoms with van der Waals surface area (Å²) in [5, 5.41) is 15.2. The highest BCUT2D eigenvalue weighted by molar-refractivity contribution is 5.91. The van der Waals surface area contributed by atoms with E-state index in [0.717, 1.165) is 12.8 Å². The Kier molecular flexibility index (Phi) is 3.41. The minimum atomic E-state index is -0.854. The number of nitrogens with one attached hydrogen (secondary N) is 1. The molecule has 1 amide bonds. The molecule has 2 unspecified atom stereocenters. The number of amides is 1. The monoisotopic (exact) mass is 238 g/mol. The van der Waals surface area contributed by atoms with E-state index < -0.39 is 17.8 Å². The number of rotatable bonds is 3. The molecular weight excluding hydrogens is 224 g/mol. The van der Waals surface area contributed by atoms with E-state index in [9.17, 15) is 9.59 Å². The molecule has 1 aliphatic carbocycles. The summed E-state index contributed by atoms with van der Waals surface area (Å²) < 4.78 is 4.72. The number of aliphatic carboxylic acids is 1. The van der Waals surface area contributed by atoms with Gasteiger partial charge < -0.3 is 14.9 Å². The van der Waals surface area contributed by atoms with Crippen LogP contribution in [0.2, 0.25) is 0 Å². The molecule has 92 valence electrons. The van der Waals surface area contributed by atoms with Crippen LogP contribution in [0.15, 0.2) is 16.8 Å². The molecule has 1 aliphatic rings. The van der Waals surface area contributed by atoms with Gasteiger partial charge in [0.15, 0.2) is 0 Å². The fourth-order valence-electron chi connectivity index (χ4n) is 2.17. The number of carbonyl (C=O) groups excluding carboxylic acids is 1. The molecule has 0 saturated heterocycles. The average Bonchev–Trinajstić information content (AvgIpc) is 2.83. The summed E-state index contributed by atoms with van der Waals surface area (Å²) in [7, 11) is 0. The first-order chi connectivity index (χ1) is 8.18. The Morgan fingerprint density at radius 2 is 2.18 bits per heavy atom. The molecule has 1 aromatic heterocycles. The summed E-state index contributed by atoms with van der Waals surface area (Å²) in [6.45, 7) is 0. The lowest BCUT2D eigenvalue weighted by Gasteiger charge is -2.28. The number of hydrogen-bond donors (Lipinski definition) is 2. The van der Waals surface area contributed by atoms with Crippen LogP contribution in [-0.2, 0) is 4.79 Å². The molecule has 0 radical (unpaired) electrons. The van der Waals surface area contributed by atoms with E-state index in [1.54, 1.807) is 0 Å². The van der Waals surface area contributed by atoms with Gasteiger partial charge in [-0.05, 0) is 12.8 Å². The van der Waals surface area contributed by atoms with Crippen LogP contribution in [0.5, 0.6) is 0 Å². The van der Waals surface area contributed by atoms with E-state index in [4.69, 9.17) is 9.63 Å². The van der Waals surface area contributed by atoms with Crippen molar-refractivity contribution in [2.45, 2.75) is 31.7 Å². The lowest BCUT2D eigenvalue weighted by molar-refractivity contribution is -0.143. The molecule has 1 heterocycles. The molecule has 1 saturated carbocycles. The highest BCUT2D eigenvalue weighted by Gasteiger charge is 2.32. The molecule has 0 aliphatic heterocycles. The van der Waals surface area contributed by atoms with Crippen molar-refractivity contribution in [3.05, 3.63) is 18.0 Å². The minimum absolute atomic E-state index is 0.111. The number of hydrogen-bond acceptors (Lipinski definition) is 4. The van der Waals surface area contributed by atoms with Gasteiger partial charge in [-0.3, -0.25) is 9.59 Å². The van der Waals surface area contributed by atoms with Gasteiger partial charge in [0.1, 0.15) is 0 Å². The van der Waals surface area contributed by atoms with Crippen molar-refractivity contribution in [3.8, 4) is 0 Å². The van der Waals surface area contributed by atoms with Crippen molar-refractivity contribution < 1.29 is 19.2 Å². The van der Waals surface area contributed by atoms with Crippen LogP contribution < -0.4 is 5.32 Å². The third-order valence-corrected chi connectivity index (χ3v) is 3.06. The summed E-state index contributed by atoms with van der Waals surface area (Å²) in [6.07, 6.45) is 4.51. The summed E-state index contributed by atoms with van der Waals surface area (Å²) in [6, 6.07) is 1.13. The van der Waals surface area contributed by atoms with E-state index >= 15 is 0 Å². The van der Waals surface area contributed by atoms with Gasteiger partial charge in [0.25, 0.3) is 5.91 Å². The van der Waals surface area contributed by atoms with Crippen LogP contribution in [0.25, 0.3) is 0 Å². The molecule has 1 fully saturated rings. The van der Waals surface area contributed by atoms with Gasteiger partial charge in [0, 0.05) is 12.1 Å². The summed E-state index contributed by atoms with van der Waals surface area (Å²) in [4.78, 5) is 22.8. The molecule has 1 aromatic rings. The number of carbonyl (C=O) groups is 2. The quantitative estimate of drug-likeness (QED) is 0.821. The van der Waals surface area contributed by atoms with Crippen molar-refractivity contribution >= 4 is 11.9 Å². The Balaban J connectivity index is 2.01. The average molecular weight is 238 g/mol. The molecular formula is C11H14N2O4. The van der Waals surface area contributed by atoms with Gasteiger partial charge in [-0.1, -0.05) is 18.0 Å². The zero-order chi connectivity index (χ0) is 12.3. The largest absolute Gasteiger partial charge is 0.481 e. The van der Waals surface area contributed by atoms with Gasteiger partial charge in [0.2, 0.25) is 5.76 Å². The normalized spacial score (nSPS) is 24.2. The minimum Gasteiger partial charge on any atom is -0.481 e. The highest BCUT2D eigenvalue weighted by atomic mass is 16.5. The van der Waals surface area contributed by atoms with Crippen molar-refractivity contribution in [1.29, 1.82) is 0 Å². The van der Waals surface area contributed by atoms with Crippen molar-refractivity contribution in [2.75, 3.05) is 0 Å². The molecule has 6 nitrogen and oxygen atoms in total. The maximum atomic E-state index is 11.7. The van der Waals surface area contributed by atoms with Gasteiger partial charge in [-0.25, -0.2) is 0 Å². The zero-order valence-electron chi connectivity index (χ0n) is 9.26. The van der Waals surface area contributed by atoms with Gasteiger partial charge in [0.05, 0.1) is 12.1 Å². The topological polar surface area (TPSA) is 92.4 Å². The standard InChI is InChI=1S/C11H14N2O4/c14-10(9-5-6-12-17-9)13-8-4-2-1-3-7(8)11(15)16/h5-8H,1-4H2,(H,13,14)(H,15,16). The van der Waals surface area contributed by atoms with Crippen LogP contribution in [0.1, 0.15) is 36.2 Å². The SMILES string of the molecule is O=C(NC1CCCCC1C(=O)O)c1ccno1. The molecule has 2 atom stereocenters. The highest BCUT2D eigenvalue weighted by Crippen LogP contribution is 2.24. The maximum absolute atomic E-state index is 11.7. The Morgan fingerprint density at radius 1 is 1.41 bits per heavy atom. The van der Waals surface area contributed by atoms with E-state index in [0.29, 0.717) is 12.8 Å². The summed E-state index contributed by atoms with van der Waals surface area (Å²) >= 11 is 0. The lowest BCUT2D eigenvalue weighted by Crippen LogP contribution is -2.45. The number of nitrogens with zero attached hydrogens (tertiary/aromatic N) is 1. The zero-order valence-corrected chi connectivity index (χ0v) is 9.26. The van der Waals surface area contributed by atoms with Gasteiger partial charge in [-0.15, -0.1) is 0 Å². The molecule has 2 rings (SSSR count). The van der Waals surface area contributed by atoms with Crippen LogP contribution in [0.4, 0.5) is 0 Å². The van der Waals surface area contributed by atoms with Crippen molar-refractivity contribution in [3.63, 3.8) is 0 Å². The maximum Gasteiger partial charge on any atom is 0.308 e. The van der Waals surface area contributed by atoms with Gasteiger partial charge in [-0.2, -0.15) is 0 Å². The summed E-state index contributed by atoms with van der Waals surface area (Å²) in [5.74, 6) is -1.65. The molecule has 0 bridgehead atoms. The molecule has 6 heteroatoms. The summed E-state index contributed by atoms with van der Waals surface area (Å²) in [5.41, 5.74) is 0. The third kappa shape index (κ3) is 2.64. The first kappa shape index (κ1) is 11.6. The van der Waals surface area contributed by atoms with Crippen LogP contribution >= 0.6 is 0 Å². The second kappa shape index (κ2) is 4.99. The second-order valence-corrected chi connectivity index (χ2v) is 4.19. The Hall–Kier alpha value is -1.85. The lowest BCUT2D eigenvalue weighted by atomic mass is 9.84. The first-order valence-corrected chi connectivity index (χ1v) is 5.63. The number of carboxylic acids is 1. The molecule has 0 aromatic carbocycles. The smallest absolute Gasteiger partial charge is 0.308 e. The van der Waals surface area contributed by atoms with Crippen LogP contribution in [-0.4, -0.2) is 28.2 Å². The molecule has 2 N–H and O–H groups in total. The Bertz CT molecular complexity index is 402. The fourth-order valence-corrected chi connectivity index (χ4v) is 2.17. The predicted octanol–water partition coefficient (Wildman–Crippen LogP) is 1.05. The van der Waals surface area contributed by atoms with Crippen molar-refractivity contribution in [1.82, 2.24) is 10.5 Å². The van der Waals surface area contributed by atoms with E-state index in [-0.39, 0.29) is 11.8 Å².